The van der Waals surface area contributed by atoms with Gasteiger partial charge in [-0.25, -0.2) is 0 Å². The fourth-order valence-electron chi connectivity index (χ4n) is 6.18. The molecule has 0 bridgehead atoms. The van der Waals surface area contributed by atoms with Gasteiger partial charge in [0.25, 0.3) is 0 Å². The van der Waals surface area contributed by atoms with Gasteiger partial charge in [-0.3, -0.25) is 4.98 Å². The van der Waals surface area contributed by atoms with Crippen LogP contribution in [0.1, 0.15) is 22.3 Å². The van der Waals surface area contributed by atoms with Crippen molar-refractivity contribution in [3.8, 4) is 34.1 Å². The molecule has 0 unspecified atom stereocenters. The van der Waals surface area contributed by atoms with Crippen LogP contribution in [0.3, 0.4) is 0 Å². The summed E-state index contributed by atoms with van der Waals surface area (Å²) in [6.45, 7) is 0. The molecule has 0 spiro atoms. The first kappa shape index (κ1) is 20.3. The highest BCUT2D eigenvalue weighted by Crippen LogP contribution is 2.63. The SMILES string of the molecule is c1ccc(C23c4ccccc4Oc4cc(-c5cccc6cnccc56)cc(c42)Oc2ccccc23)cc1. The Morgan fingerprint density at radius 2 is 1.22 bits per heavy atom. The van der Waals surface area contributed by atoms with Gasteiger partial charge in [0.15, 0.2) is 0 Å². The summed E-state index contributed by atoms with van der Waals surface area (Å²) >= 11 is 0. The number of para-hydroxylation sites is 2. The molecule has 0 atom stereocenters. The van der Waals surface area contributed by atoms with Gasteiger partial charge in [0, 0.05) is 28.9 Å². The average molecular weight is 476 g/mol. The number of rotatable bonds is 2. The van der Waals surface area contributed by atoms with Crippen LogP contribution in [0.4, 0.5) is 0 Å². The average Bonchev–Trinajstić information content (AvgIpc) is 2.97. The number of hydrogen-bond donors (Lipinski definition) is 0. The summed E-state index contributed by atoms with van der Waals surface area (Å²) in [5.41, 5.74) is 6.08. The molecule has 174 valence electrons. The van der Waals surface area contributed by atoms with Crippen molar-refractivity contribution < 1.29 is 9.47 Å². The van der Waals surface area contributed by atoms with Crippen molar-refractivity contribution in [1.29, 1.82) is 0 Å². The van der Waals surface area contributed by atoms with E-state index in [1.807, 2.05) is 24.5 Å². The maximum Gasteiger partial charge on any atom is 0.136 e. The Bertz CT molecular complexity index is 1760. The van der Waals surface area contributed by atoms with Gasteiger partial charge in [0.2, 0.25) is 0 Å². The molecule has 0 amide bonds. The molecule has 0 saturated heterocycles. The largest absolute Gasteiger partial charge is 0.457 e. The summed E-state index contributed by atoms with van der Waals surface area (Å²) < 4.78 is 13.3. The molecule has 0 saturated carbocycles. The molecular weight excluding hydrogens is 454 g/mol. The van der Waals surface area contributed by atoms with Crippen molar-refractivity contribution in [3.63, 3.8) is 0 Å². The zero-order valence-corrected chi connectivity index (χ0v) is 19.9. The minimum atomic E-state index is -0.559. The lowest BCUT2D eigenvalue weighted by Crippen LogP contribution is -2.37. The number of benzene rings is 5. The fourth-order valence-corrected chi connectivity index (χ4v) is 6.18. The first-order valence-electron chi connectivity index (χ1n) is 12.5. The lowest BCUT2D eigenvalue weighted by Gasteiger charge is -2.45. The summed E-state index contributed by atoms with van der Waals surface area (Å²) in [4.78, 5) is 4.31. The Morgan fingerprint density at radius 1 is 0.568 bits per heavy atom. The minimum absolute atomic E-state index is 0.559. The number of hydrogen-bond acceptors (Lipinski definition) is 3. The summed E-state index contributed by atoms with van der Waals surface area (Å²) in [6, 6.07) is 40.2. The summed E-state index contributed by atoms with van der Waals surface area (Å²) in [5.74, 6) is 3.35. The van der Waals surface area contributed by atoms with Crippen LogP contribution in [-0.4, -0.2) is 4.98 Å². The topological polar surface area (TPSA) is 31.4 Å². The van der Waals surface area contributed by atoms with E-state index in [0.29, 0.717) is 0 Å². The number of aromatic nitrogens is 1. The van der Waals surface area contributed by atoms with E-state index in [9.17, 15) is 0 Å². The zero-order valence-electron chi connectivity index (χ0n) is 19.9. The lowest BCUT2D eigenvalue weighted by atomic mass is 9.62. The second-order valence-corrected chi connectivity index (χ2v) is 9.56. The molecule has 0 radical (unpaired) electrons. The van der Waals surface area contributed by atoms with Crippen LogP contribution < -0.4 is 9.47 Å². The summed E-state index contributed by atoms with van der Waals surface area (Å²) in [5, 5.41) is 2.24. The van der Waals surface area contributed by atoms with Gasteiger partial charge in [-0.2, -0.15) is 0 Å². The molecule has 3 heterocycles. The number of ether oxygens (including phenoxy) is 2. The highest BCUT2D eigenvalue weighted by atomic mass is 16.5. The third-order valence-corrected chi connectivity index (χ3v) is 7.66. The van der Waals surface area contributed by atoms with Gasteiger partial charge in [-0.1, -0.05) is 84.9 Å². The Labute approximate surface area is 214 Å². The molecule has 5 aromatic carbocycles. The minimum Gasteiger partial charge on any atom is -0.457 e. The van der Waals surface area contributed by atoms with Crippen LogP contribution in [0, 0.1) is 0 Å². The van der Waals surface area contributed by atoms with E-state index < -0.39 is 5.41 Å². The zero-order chi connectivity index (χ0) is 24.4. The molecule has 2 aliphatic rings. The van der Waals surface area contributed by atoms with Crippen LogP contribution >= 0.6 is 0 Å². The Balaban J connectivity index is 1.50. The van der Waals surface area contributed by atoms with Crippen LogP contribution in [0.2, 0.25) is 0 Å². The second kappa shape index (κ2) is 7.55. The standard InChI is InChI=1S/C34H21NO2/c1-2-10-24(11-3-1)34-27-13-4-6-15-29(27)36-31-19-23(25-12-8-9-22-21-35-18-17-26(22)25)20-32(33(31)34)37-30-16-7-5-14-28(30)34/h1-21H. The van der Waals surface area contributed by atoms with Crippen molar-refractivity contribution >= 4 is 10.8 Å². The third-order valence-electron chi connectivity index (χ3n) is 7.66. The van der Waals surface area contributed by atoms with Crippen molar-refractivity contribution in [1.82, 2.24) is 4.98 Å². The van der Waals surface area contributed by atoms with Crippen molar-refractivity contribution in [3.05, 3.63) is 150 Å². The van der Waals surface area contributed by atoms with E-state index in [1.165, 1.54) is 5.56 Å². The number of pyridine rings is 1. The highest BCUT2D eigenvalue weighted by Gasteiger charge is 2.51. The van der Waals surface area contributed by atoms with Crippen molar-refractivity contribution in [2.45, 2.75) is 5.41 Å². The van der Waals surface area contributed by atoms with Gasteiger partial charge in [0.05, 0.1) is 11.0 Å². The Morgan fingerprint density at radius 3 is 1.92 bits per heavy atom. The van der Waals surface area contributed by atoms with Crippen molar-refractivity contribution in [2.75, 3.05) is 0 Å². The fraction of sp³-hybridized carbons (Fsp3) is 0.0294. The molecule has 37 heavy (non-hydrogen) atoms. The van der Waals surface area contributed by atoms with Gasteiger partial charge >= 0.3 is 0 Å². The molecule has 8 rings (SSSR count). The predicted molar refractivity (Wildman–Crippen MR) is 146 cm³/mol. The molecule has 1 aromatic heterocycles. The molecule has 0 N–H and O–H groups in total. The number of nitrogens with zero attached hydrogens (tertiary/aromatic N) is 1. The predicted octanol–water partition coefficient (Wildman–Crippen LogP) is 8.50. The van der Waals surface area contributed by atoms with Gasteiger partial charge in [0.1, 0.15) is 23.0 Å². The van der Waals surface area contributed by atoms with Crippen LogP contribution in [0.25, 0.3) is 21.9 Å². The lowest BCUT2D eigenvalue weighted by molar-refractivity contribution is 0.385. The molecule has 2 aliphatic heterocycles. The van der Waals surface area contributed by atoms with Gasteiger partial charge in [-0.15, -0.1) is 0 Å². The molecule has 3 heteroatoms. The second-order valence-electron chi connectivity index (χ2n) is 9.56. The van der Waals surface area contributed by atoms with E-state index in [1.54, 1.807) is 0 Å². The Hall–Kier alpha value is -4.89. The smallest absolute Gasteiger partial charge is 0.136 e. The summed E-state index contributed by atoms with van der Waals surface area (Å²) in [6.07, 6.45) is 3.75. The maximum atomic E-state index is 6.67. The number of fused-ring (bicyclic) bond motifs is 5. The maximum absolute atomic E-state index is 6.67. The van der Waals surface area contributed by atoms with Gasteiger partial charge in [-0.05, 0) is 52.4 Å². The van der Waals surface area contributed by atoms with Gasteiger partial charge < -0.3 is 9.47 Å². The molecule has 3 nitrogen and oxygen atoms in total. The van der Waals surface area contributed by atoms with Crippen LogP contribution in [-0.2, 0) is 5.41 Å². The van der Waals surface area contributed by atoms with E-state index in [2.05, 4.69) is 108 Å². The first-order valence-corrected chi connectivity index (χ1v) is 12.5. The Kier molecular flexibility index (Phi) is 4.15. The van der Waals surface area contributed by atoms with E-state index >= 15 is 0 Å². The highest BCUT2D eigenvalue weighted by molar-refractivity contribution is 5.97. The quantitative estimate of drug-likeness (QED) is 0.251. The van der Waals surface area contributed by atoms with Crippen molar-refractivity contribution in [2.24, 2.45) is 0 Å². The molecule has 0 aliphatic carbocycles. The third kappa shape index (κ3) is 2.74. The monoisotopic (exact) mass is 475 g/mol. The van der Waals surface area contributed by atoms with E-state index in [-0.39, 0.29) is 0 Å². The summed E-state index contributed by atoms with van der Waals surface area (Å²) in [7, 11) is 0. The molecule has 6 aromatic rings. The first-order chi connectivity index (χ1) is 18.3. The normalized spacial score (nSPS) is 14.1. The van der Waals surface area contributed by atoms with E-state index in [4.69, 9.17) is 9.47 Å². The van der Waals surface area contributed by atoms with Crippen LogP contribution in [0.15, 0.2) is 128 Å². The van der Waals surface area contributed by atoms with Crippen LogP contribution in [0.5, 0.6) is 23.0 Å². The van der Waals surface area contributed by atoms with E-state index in [0.717, 1.165) is 61.6 Å². The molecule has 0 fully saturated rings. The molecular formula is C34H21NO2.